The molecule has 0 fully saturated rings. The molecule has 0 bridgehead atoms. The molecule has 0 aromatic heterocycles. The highest BCUT2D eigenvalue weighted by atomic mass is 32.2. The molecule has 0 aliphatic rings. The van der Waals surface area contributed by atoms with E-state index in [1.807, 2.05) is 13.8 Å². The van der Waals surface area contributed by atoms with E-state index in [0.717, 1.165) is 4.31 Å². The molecular formula is C13H21NO4S. The molecule has 1 N–H and O–H groups in total. The van der Waals surface area contributed by atoms with Crippen LogP contribution in [-0.4, -0.2) is 44.6 Å². The van der Waals surface area contributed by atoms with Crippen LogP contribution in [0.2, 0.25) is 0 Å². The lowest BCUT2D eigenvalue weighted by molar-refractivity contribution is 0.266. The number of aliphatic hydroxyl groups is 1. The van der Waals surface area contributed by atoms with Gasteiger partial charge in [0.1, 0.15) is 5.75 Å². The molecule has 0 spiro atoms. The number of nitrogens with zero attached hydrogens (tertiary/aromatic N) is 1. The van der Waals surface area contributed by atoms with Gasteiger partial charge in [0, 0.05) is 13.6 Å². The predicted molar refractivity (Wildman–Crippen MR) is 73.7 cm³/mol. The van der Waals surface area contributed by atoms with Gasteiger partial charge < -0.3 is 9.84 Å². The van der Waals surface area contributed by atoms with E-state index in [1.165, 1.54) is 19.2 Å². The summed E-state index contributed by atoms with van der Waals surface area (Å²) in [5, 5.41) is 8.79. The highest BCUT2D eigenvalue weighted by molar-refractivity contribution is 7.89. The molecule has 1 aromatic carbocycles. The number of rotatable bonds is 7. The molecular weight excluding hydrogens is 266 g/mol. The van der Waals surface area contributed by atoms with Gasteiger partial charge in [0.2, 0.25) is 10.0 Å². The second-order valence-electron chi connectivity index (χ2n) is 4.73. The van der Waals surface area contributed by atoms with Crippen molar-refractivity contribution in [3.05, 3.63) is 24.3 Å². The first-order valence-electron chi connectivity index (χ1n) is 6.18. The highest BCUT2D eigenvalue weighted by Gasteiger charge is 2.19. The molecule has 19 heavy (non-hydrogen) atoms. The Labute approximate surface area is 114 Å². The van der Waals surface area contributed by atoms with Crippen molar-refractivity contribution in [1.82, 2.24) is 4.31 Å². The summed E-state index contributed by atoms with van der Waals surface area (Å²) in [5.74, 6) is 1.07. The monoisotopic (exact) mass is 287 g/mol. The molecule has 0 aliphatic carbocycles. The molecule has 0 saturated carbocycles. The van der Waals surface area contributed by atoms with Gasteiger partial charge in [0.15, 0.2) is 0 Å². The second kappa shape index (κ2) is 6.88. The summed E-state index contributed by atoms with van der Waals surface area (Å²) in [6.07, 6.45) is 0. The lowest BCUT2D eigenvalue weighted by Gasteiger charge is -2.16. The number of likely N-dealkylation sites (N-methyl/N-ethyl adjacent to an activating group) is 1. The van der Waals surface area contributed by atoms with Crippen molar-refractivity contribution in [3.63, 3.8) is 0 Å². The summed E-state index contributed by atoms with van der Waals surface area (Å²) in [6.45, 7) is 4.56. The zero-order valence-corrected chi connectivity index (χ0v) is 12.4. The van der Waals surface area contributed by atoms with E-state index < -0.39 is 10.0 Å². The molecule has 0 aliphatic heterocycles. The minimum absolute atomic E-state index is 0.0773. The molecule has 6 heteroatoms. The van der Waals surface area contributed by atoms with Crippen LogP contribution in [-0.2, 0) is 10.0 Å². The SMILES string of the molecule is CC(C)COc1ccc(S(=O)(=O)N(C)CCO)cc1. The topological polar surface area (TPSA) is 66.8 Å². The third-order valence-electron chi connectivity index (χ3n) is 2.53. The normalized spacial score (nSPS) is 12.1. The zero-order chi connectivity index (χ0) is 14.5. The van der Waals surface area contributed by atoms with Gasteiger partial charge in [-0.2, -0.15) is 4.31 Å². The minimum atomic E-state index is -3.53. The van der Waals surface area contributed by atoms with Crippen molar-refractivity contribution < 1.29 is 18.3 Å². The Kier molecular flexibility index (Phi) is 5.78. The van der Waals surface area contributed by atoms with E-state index in [2.05, 4.69) is 0 Å². The van der Waals surface area contributed by atoms with Crippen LogP contribution in [0.25, 0.3) is 0 Å². The average Bonchev–Trinajstić information content (AvgIpc) is 2.37. The van der Waals surface area contributed by atoms with Crippen molar-refractivity contribution in [2.75, 3.05) is 26.8 Å². The Bertz CT molecular complexity index is 482. The van der Waals surface area contributed by atoms with Crippen molar-refractivity contribution in [2.24, 2.45) is 5.92 Å². The zero-order valence-electron chi connectivity index (χ0n) is 11.5. The maximum absolute atomic E-state index is 12.1. The molecule has 0 saturated heterocycles. The maximum atomic E-state index is 12.1. The maximum Gasteiger partial charge on any atom is 0.242 e. The van der Waals surface area contributed by atoms with Crippen LogP contribution in [0.15, 0.2) is 29.2 Å². The molecule has 1 aromatic rings. The fourth-order valence-electron chi connectivity index (χ4n) is 1.41. The van der Waals surface area contributed by atoms with Gasteiger partial charge in [-0.3, -0.25) is 0 Å². The highest BCUT2D eigenvalue weighted by Crippen LogP contribution is 2.19. The molecule has 108 valence electrons. The Morgan fingerprint density at radius 1 is 1.26 bits per heavy atom. The summed E-state index contributed by atoms with van der Waals surface area (Å²) in [7, 11) is -2.09. The fourth-order valence-corrected chi connectivity index (χ4v) is 2.57. The first-order valence-corrected chi connectivity index (χ1v) is 7.62. The van der Waals surface area contributed by atoms with E-state index in [9.17, 15) is 8.42 Å². The van der Waals surface area contributed by atoms with Crippen LogP contribution in [0, 0.1) is 5.92 Å². The largest absolute Gasteiger partial charge is 0.493 e. The number of hydrogen-bond donors (Lipinski definition) is 1. The Balaban J connectivity index is 2.80. The molecule has 5 nitrogen and oxygen atoms in total. The third-order valence-corrected chi connectivity index (χ3v) is 4.40. The third kappa shape index (κ3) is 4.49. The predicted octanol–water partition coefficient (Wildman–Crippen LogP) is 1.33. The van der Waals surface area contributed by atoms with Crippen LogP contribution >= 0.6 is 0 Å². The summed E-state index contributed by atoms with van der Waals surface area (Å²) in [5.41, 5.74) is 0. The summed E-state index contributed by atoms with van der Waals surface area (Å²) >= 11 is 0. The molecule has 0 radical (unpaired) electrons. The Morgan fingerprint density at radius 3 is 2.32 bits per heavy atom. The first kappa shape index (κ1) is 15.9. The average molecular weight is 287 g/mol. The van der Waals surface area contributed by atoms with E-state index in [-0.39, 0.29) is 18.0 Å². The quantitative estimate of drug-likeness (QED) is 0.821. The van der Waals surface area contributed by atoms with Crippen molar-refractivity contribution in [1.29, 1.82) is 0 Å². The van der Waals surface area contributed by atoms with E-state index >= 15 is 0 Å². The minimum Gasteiger partial charge on any atom is -0.493 e. The van der Waals surface area contributed by atoms with E-state index in [1.54, 1.807) is 12.1 Å². The van der Waals surface area contributed by atoms with Crippen molar-refractivity contribution >= 4 is 10.0 Å². The van der Waals surface area contributed by atoms with Crippen LogP contribution in [0.1, 0.15) is 13.8 Å². The van der Waals surface area contributed by atoms with Crippen LogP contribution in [0.4, 0.5) is 0 Å². The van der Waals surface area contributed by atoms with Crippen LogP contribution < -0.4 is 4.74 Å². The first-order chi connectivity index (χ1) is 8.87. The van der Waals surface area contributed by atoms with Gasteiger partial charge in [0.05, 0.1) is 18.1 Å². The number of benzene rings is 1. The van der Waals surface area contributed by atoms with Gasteiger partial charge in [-0.1, -0.05) is 13.8 Å². The van der Waals surface area contributed by atoms with E-state index in [4.69, 9.17) is 9.84 Å². The van der Waals surface area contributed by atoms with Crippen molar-refractivity contribution in [2.45, 2.75) is 18.7 Å². The standard InChI is InChI=1S/C13H21NO4S/c1-11(2)10-18-12-4-6-13(7-5-12)19(16,17)14(3)8-9-15/h4-7,11,15H,8-10H2,1-3H3. The fraction of sp³-hybridized carbons (Fsp3) is 0.538. The summed E-state index contributed by atoms with van der Waals surface area (Å²) in [6, 6.07) is 6.31. The Hall–Kier alpha value is -1.11. The van der Waals surface area contributed by atoms with E-state index in [0.29, 0.717) is 18.3 Å². The second-order valence-corrected chi connectivity index (χ2v) is 6.77. The molecule has 0 unspecified atom stereocenters. The molecule has 0 heterocycles. The smallest absolute Gasteiger partial charge is 0.242 e. The molecule has 1 rings (SSSR count). The lowest BCUT2D eigenvalue weighted by atomic mass is 10.2. The molecule has 0 amide bonds. The Morgan fingerprint density at radius 2 is 1.84 bits per heavy atom. The van der Waals surface area contributed by atoms with Gasteiger partial charge >= 0.3 is 0 Å². The van der Waals surface area contributed by atoms with Gasteiger partial charge in [-0.05, 0) is 30.2 Å². The van der Waals surface area contributed by atoms with Gasteiger partial charge in [-0.25, -0.2) is 8.42 Å². The van der Waals surface area contributed by atoms with Crippen molar-refractivity contribution in [3.8, 4) is 5.75 Å². The number of sulfonamides is 1. The summed E-state index contributed by atoms with van der Waals surface area (Å²) < 4.78 is 30.8. The summed E-state index contributed by atoms with van der Waals surface area (Å²) in [4.78, 5) is 0.195. The van der Waals surface area contributed by atoms with Gasteiger partial charge in [0.25, 0.3) is 0 Å². The number of hydrogen-bond acceptors (Lipinski definition) is 4. The number of aliphatic hydroxyl groups excluding tert-OH is 1. The number of ether oxygens (including phenoxy) is 1. The lowest BCUT2D eigenvalue weighted by Crippen LogP contribution is -2.29. The molecule has 0 atom stereocenters. The van der Waals surface area contributed by atoms with Gasteiger partial charge in [-0.15, -0.1) is 0 Å². The van der Waals surface area contributed by atoms with Crippen LogP contribution in [0.5, 0.6) is 5.75 Å². The van der Waals surface area contributed by atoms with Crippen LogP contribution in [0.3, 0.4) is 0 Å².